The second kappa shape index (κ2) is 5.61. The average molecular weight is 217 g/mol. The topological polar surface area (TPSA) is 38.3 Å². The minimum absolute atomic E-state index is 0.0509. The molecule has 0 aromatic carbocycles. The zero-order valence-electron chi connectivity index (χ0n) is 8.82. The van der Waals surface area contributed by atoms with Gasteiger partial charge in [-0.15, -0.1) is 0 Å². The molecule has 3 nitrogen and oxygen atoms in total. The van der Waals surface area contributed by atoms with E-state index in [4.69, 9.17) is 4.74 Å². The van der Waals surface area contributed by atoms with E-state index in [0.29, 0.717) is 0 Å². The lowest BCUT2D eigenvalue weighted by Crippen LogP contribution is -2.44. The van der Waals surface area contributed by atoms with Crippen LogP contribution in [0.1, 0.15) is 33.1 Å². The van der Waals surface area contributed by atoms with Crippen molar-refractivity contribution in [2.75, 3.05) is 6.61 Å². The maximum absolute atomic E-state index is 11.5. The third-order valence-corrected chi connectivity index (χ3v) is 3.12. The number of hydrogen-bond donors (Lipinski definition) is 2. The van der Waals surface area contributed by atoms with Crippen molar-refractivity contribution in [1.29, 1.82) is 0 Å². The standard InChI is InChI=1S/C10H19NO2S/c1-3-9(14)10(12)11-8-4-5-13-7(2)6-8/h7-9,14H,3-6H2,1-2H3,(H,11,12). The number of amides is 1. The van der Waals surface area contributed by atoms with Crippen molar-refractivity contribution in [3.63, 3.8) is 0 Å². The normalized spacial score (nSPS) is 29.6. The molecule has 1 heterocycles. The van der Waals surface area contributed by atoms with Crippen molar-refractivity contribution in [3.8, 4) is 0 Å². The Bertz CT molecular complexity index is 199. The molecule has 82 valence electrons. The number of ether oxygens (including phenoxy) is 1. The Hall–Kier alpha value is -0.220. The van der Waals surface area contributed by atoms with Crippen molar-refractivity contribution >= 4 is 18.5 Å². The highest BCUT2D eigenvalue weighted by Crippen LogP contribution is 2.13. The van der Waals surface area contributed by atoms with Gasteiger partial charge in [0.05, 0.1) is 11.4 Å². The molecule has 0 aromatic rings. The fraction of sp³-hybridized carbons (Fsp3) is 0.900. The Morgan fingerprint density at radius 1 is 1.71 bits per heavy atom. The van der Waals surface area contributed by atoms with Crippen LogP contribution in [0.2, 0.25) is 0 Å². The highest BCUT2D eigenvalue weighted by molar-refractivity contribution is 7.81. The summed E-state index contributed by atoms with van der Waals surface area (Å²) in [6.45, 7) is 4.75. The zero-order valence-corrected chi connectivity index (χ0v) is 9.72. The molecule has 1 fully saturated rings. The van der Waals surface area contributed by atoms with Crippen LogP contribution in [-0.4, -0.2) is 29.9 Å². The molecule has 0 saturated carbocycles. The molecule has 0 spiro atoms. The van der Waals surface area contributed by atoms with Crippen molar-refractivity contribution in [1.82, 2.24) is 5.32 Å². The molecule has 14 heavy (non-hydrogen) atoms. The molecule has 1 rings (SSSR count). The minimum atomic E-state index is -0.173. The van der Waals surface area contributed by atoms with E-state index >= 15 is 0 Å². The second-order valence-electron chi connectivity index (χ2n) is 3.84. The number of thiol groups is 1. The maximum atomic E-state index is 11.5. The number of nitrogens with one attached hydrogen (secondary N) is 1. The molecule has 1 amide bonds. The molecular formula is C10H19NO2S. The van der Waals surface area contributed by atoms with E-state index in [9.17, 15) is 4.79 Å². The monoisotopic (exact) mass is 217 g/mol. The van der Waals surface area contributed by atoms with E-state index in [1.807, 2.05) is 13.8 Å². The van der Waals surface area contributed by atoms with Gasteiger partial charge in [-0.1, -0.05) is 6.92 Å². The van der Waals surface area contributed by atoms with Crippen molar-refractivity contribution in [3.05, 3.63) is 0 Å². The lowest BCUT2D eigenvalue weighted by molar-refractivity contribution is -0.122. The molecular weight excluding hydrogens is 198 g/mol. The van der Waals surface area contributed by atoms with Crippen LogP contribution in [-0.2, 0) is 9.53 Å². The van der Waals surface area contributed by atoms with Gasteiger partial charge in [-0.3, -0.25) is 4.79 Å². The smallest absolute Gasteiger partial charge is 0.233 e. The van der Waals surface area contributed by atoms with Gasteiger partial charge in [0.2, 0.25) is 5.91 Å². The Morgan fingerprint density at radius 3 is 3.00 bits per heavy atom. The van der Waals surface area contributed by atoms with Crippen LogP contribution < -0.4 is 5.32 Å². The van der Waals surface area contributed by atoms with Gasteiger partial charge in [0, 0.05) is 12.6 Å². The lowest BCUT2D eigenvalue weighted by atomic mass is 10.0. The molecule has 0 bridgehead atoms. The Balaban J connectivity index is 2.32. The molecule has 1 aliphatic rings. The van der Waals surface area contributed by atoms with E-state index in [1.165, 1.54) is 0 Å². The number of hydrogen-bond acceptors (Lipinski definition) is 3. The minimum Gasteiger partial charge on any atom is -0.378 e. The van der Waals surface area contributed by atoms with Crippen LogP contribution in [0.4, 0.5) is 0 Å². The van der Waals surface area contributed by atoms with E-state index in [0.717, 1.165) is 25.9 Å². The fourth-order valence-corrected chi connectivity index (χ4v) is 1.69. The number of carbonyl (C=O) groups is 1. The first kappa shape index (κ1) is 11.9. The first-order valence-corrected chi connectivity index (χ1v) is 5.75. The fourth-order valence-electron chi connectivity index (χ4n) is 1.61. The summed E-state index contributed by atoms with van der Waals surface area (Å²) in [4.78, 5) is 11.5. The first-order chi connectivity index (χ1) is 6.63. The summed E-state index contributed by atoms with van der Waals surface area (Å²) in [5.74, 6) is 0.0509. The summed E-state index contributed by atoms with van der Waals surface area (Å²) in [5.41, 5.74) is 0. The van der Waals surface area contributed by atoms with Crippen LogP contribution in [0.5, 0.6) is 0 Å². The van der Waals surface area contributed by atoms with Crippen LogP contribution in [0.25, 0.3) is 0 Å². The highest BCUT2D eigenvalue weighted by Gasteiger charge is 2.22. The van der Waals surface area contributed by atoms with Crippen molar-refractivity contribution < 1.29 is 9.53 Å². The van der Waals surface area contributed by atoms with Gasteiger partial charge in [-0.2, -0.15) is 12.6 Å². The third-order valence-electron chi connectivity index (χ3n) is 2.52. The largest absolute Gasteiger partial charge is 0.378 e. The summed E-state index contributed by atoms with van der Waals surface area (Å²) in [5, 5.41) is 2.83. The maximum Gasteiger partial charge on any atom is 0.233 e. The summed E-state index contributed by atoms with van der Waals surface area (Å²) < 4.78 is 5.41. The highest BCUT2D eigenvalue weighted by atomic mass is 32.1. The van der Waals surface area contributed by atoms with E-state index in [-0.39, 0.29) is 23.3 Å². The van der Waals surface area contributed by atoms with E-state index in [2.05, 4.69) is 17.9 Å². The van der Waals surface area contributed by atoms with Crippen molar-refractivity contribution in [2.45, 2.75) is 50.5 Å². The predicted molar refractivity (Wildman–Crippen MR) is 59.6 cm³/mol. The molecule has 1 saturated heterocycles. The van der Waals surface area contributed by atoms with Crippen LogP contribution >= 0.6 is 12.6 Å². The van der Waals surface area contributed by atoms with Gasteiger partial charge >= 0.3 is 0 Å². The zero-order chi connectivity index (χ0) is 10.6. The van der Waals surface area contributed by atoms with E-state index < -0.39 is 0 Å². The van der Waals surface area contributed by atoms with Crippen LogP contribution in [0.15, 0.2) is 0 Å². The van der Waals surface area contributed by atoms with Gasteiger partial charge in [0.1, 0.15) is 0 Å². The average Bonchev–Trinajstić information content (AvgIpc) is 2.16. The Morgan fingerprint density at radius 2 is 2.43 bits per heavy atom. The Labute approximate surface area is 91.0 Å². The van der Waals surface area contributed by atoms with Crippen LogP contribution in [0, 0.1) is 0 Å². The summed E-state index contributed by atoms with van der Waals surface area (Å²) in [7, 11) is 0. The van der Waals surface area contributed by atoms with Gasteiger partial charge < -0.3 is 10.1 Å². The Kier molecular flexibility index (Phi) is 4.75. The van der Waals surface area contributed by atoms with Crippen molar-refractivity contribution in [2.24, 2.45) is 0 Å². The van der Waals surface area contributed by atoms with E-state index in [1.54, 1.807) is 0 Å². The van der Waals surface area contributed by atoms with Gasteiger partial charge in [-0.05, 0) is 26.2 Å². The molecule has 1 aliphatic heterocycles. The van der Waals surface area contributed by atoms with Gasteiger partial charge in [0.15, 0.2) is 0 Å². The van der Waals surface area contributed by atoms with Gasteiger partial charge in [-0.25, -0.2) is 0 Å². The van der Waals surface area contributed by atoms with Gasteiger partial charge in [0.25, 0.3) is 0 Å². The summed E-state index contributed by atoms with van der Waals surface area (Å²) in [6, 6.07) is 0.271. The molecule has 0 aliphatic carbocycles. The molecule has 3 unspecified atom stereocenters. The molecule has 3 atom stereocenters. The first-order valence-electron chi connectivity index (χ1n) is 5.23. The summed E-state index contributed by atoms with van der Waals surface area (Å²) in [6.07, 6.45) is 2.86. The number of carbonyl (C=O) groups excluding carboxylic acids is 1. The molecule has 4 heteroatoms. The SMILES string of the molecule is CCC(S)C(=O)NC1CCOC(C)C1. The van der Waals surface area contributed by atoms with Crippen LogP contribution in [0.3, 0.4) is 0 Å². The molecule has 0 aromatic heterocycles. The lowest BCUT2D eigenvalue weighted by Gasteiger charge is -2.28. The third kappa shape index (κ3) is 3.50. The second-order valence-corrected chi connectivity index (χ2v) is 4.46. The predicted octanol–water partition coefficient (Wildman–Crippen LogP) is 1.38. The number of rotatable bonds is 3. The quantitative estimate of drug-likeness (QED) is 0.701. The molecule has 0 radical (unpaired) electrons. The molecule has 1 N–H and O–H groups in total. The summed E-state index contributed by atoms with van der Waals surface area (Å²) >= 11 is 4.20.